The third-order valence-corrected chi connectivity index (χ3v) is 10.7. The Balaban J connectivity index is 4.20. The average Bonchev–Trinajstić information content (AvgIpc) is 3.19. The van der Waals surface area contributed by atoms with Crippen molar-refractivity contribution in [1.29, 1.82) is 0 Å². The van der Waals surface area contributed by atoms with Crippen molar-refractivity contribution in [1.82, 2.24) is 0 Å². The van der Waals surface area contributed by atoms with Gasteiger partial charge in [0.05, 0.1) is 40.3 Å². The predicted octanol–water partition coefficient (Wildman–Crippen LogP) is 11.9. The molecule has 2 atom stereocenters. The van der Waals surface area contributed by atoms with Crippen LogP contribution in [0.3, 0.4) is 0 Å². The molecular weight excluding hydrogens is 743 g/mol. The number of carbonyl (C=O) groups excluding carboxylic acids is 3. The van der Waals surface area contributed by atoms with E-state index < -0.39 is 24.3 Å². The Morgan fingerprint density at radius 1 is 0.508 bits per heavy atom. The van der Waals surface area contributed by atoms with E-state index in [0.29, 0.717) is 23.9 Å². The van der Waals surface area contributed by atoms with E-state index >= 15 is 0 Å². The summed E-state index contributed by atoms with van der Waals surface area (Å²) < 4.78 is 22.5. The van der Waals surface area contributed by atoms with Crippen LogP contribution in [-0.2, 0) is 33.3 Å². The van der Waals surface area contributed by atoms with Gasteiger partial charge in [-0.1, -0.05) is 186 Å². The summed E-state index contributed by atoms with van der Waals surface area (Å²) >= 11 is 0. The second-order valence-electron chi connectivity index (χ2n) is 17.8. The average molecular weight is 836 g/mol. The number of rotatable bonds is 45. The van der Waals surface area contributed by atoms with E-state index in [1.807, 2.05) is 21.1 Å². The molecule has 9 heteroatoms. The Morgan fingerprint density at radius 2 is 0.915 bits per heavy atom. The molecule has 9 nitrogen and oxygen atoms in total. The summed E-state index contributed by atoms with van der Waals surface area (Å²) in [6.45, 7) is 4.72. The summed E-state index contributed by atoms with van der Waals surface area (Å²) in [5.74, 6) is -2.28. The lowest BCUT2D eigenvalue weighted by Gasteiger charge is -2.26. The highest BCUT2D eigenvalue weighted by Crippen LogP contribution is 2.15. The van der Waals surface area contributed by atoms with Gasteiger partial charge in [-0.2, -0.15) is 0 Å². The number of quaternary nitrogens is 1. The molecule has 59 heavy (non-hydrogen) atoms. The van der Waals surface area contributed by atoms with E-state index in [-0.39, 0.29) is 32.2 Å². The van der Waals surface area contributed by atoms with E-state index in [2.05, 4.69) is 38.2 Å². The number of carboxylic acids is 1. The minimum Gasteiger partial charge on any atom is -0.545 e. The van der Waals surface area contributed by atoms with Crippen LogP contribution in [0.5, 0.6) is 0 Å². The number of hydrogen-bond acceptors (Lipinski definition) is 8. The Morgan fingerprint density at radius 3 is 1.34 bits per heavy atom. The highest BCUT2D eigenvalue weighted by Gasteiger charge is 2.21. The van der Waals surface area contributed by atoms with Gasteiger partial charge < -0.3 is 33.3 Å². The van der Waals surface area contributed by atoms with Crippen molar-refractivity contribution in [3.63, 3.8) is 0 Å². The van der Waals surface area contributed by atoms with Crippen molar-refractivity contribution >= 4 is 17.9 Å². The van der Waals surface area contributed by atoms with Gasteiger partial charge in [0.25, 0.3) is 0 Å². The maximum atomic E-state index is 12.8. The van der Waals surface area contributed by atoms with E-state index in [1.54, 1.807) is 0 Å². The lowest BCUT2D eigenvalue weighted by atomic mass is 10.0. The van der Waals surface area contributed by atoms with Crippen LogP contribution in [-0.4, -0.2) is 82.3 Å². The van der Waals surface area contributed by atoms with Gasteiger partial charge in [0.15, 0.2) is 12.4 Å². The van der Waals surface area contributed by atoms with E-state index in [1.165, 1.54) is 148 Å². The number of allylic oxidation sites excluding steroid dienone is 4. The van der Waals surface area contributed by atoms with Crippen LogP contribution in [0.2, 0.25) is 0 Å². The van der Waals surface area contributed by atoms with Crippen LogP contribution >= 0.6 is 0 Å². The zero-order valence-corrected chi connectivity index (χ0v) is 39.1. The summed E-state index contributed by atoms with van der Waals surface area (Å²) in [5.41, 5.74) is 0. The first-order valence-corrected chi connectivity index (χ1v) is 24.5. The molecule has 0 saturated heterocycles. The van der Waals surface area contributed by atoms with Gasteiger partial charge in [-0.3, -0.25) is 9.59 Å². The van der Waals surface area contributed by atoms with Crippen molar-refractivity contribution in [2.24, 2.45) is 0 Å². The molecule has 0 heterocycles. The molecule has 0 N–H and O–H groups in total. The van der Waals surface area contributed by atoms with Crippen LogP contribution in [0.25, 0.3) is 0 Å². The van der Waals surface area contributed by atoms with Gasteiger partial charge in [-0.05, 0) is 44.9 Å². The molecule has 0 saturated carbocycles. The lowest BCUT2D eigenvalue weighted by molar-refractivity contribution is -0.870. The normalized spacial score (nSPS) is 13.0. The van der Waals surface area contributed by atoms with Gasteiger partial charge in [-0.15, -0.1) is 0 Å². The highest BCUT2D eigenvalue weighted by molar-refractivity contribution is 5.70. The number of esters is 2. The van der Waals surface area contributed by atoms with Gasteiger partial charge in [0.1, 0.15) is 13.2 Å². The molecule has 0 rings (SSSR count). The first-order valence-electron chi connectivity index (χ1n) is 24.5. The van der Waals surface area contributed by atoms with Crippen LogP contribution in [0.4, 0.5) is 0 Å². The molecular formula is C50H93NO8. The van der Waals surface area contributed by atoms with Crippen LogP contribution in [0.1, 0.15) is 219 Å². The van der Waals surface area contributed by atoms with Crippen LogP contribution in [0, 0.1) is 0 Å². The largest absolute Gasteiger partial charge is 0.545 e. The van der Waals surface area contributed by atoms with Crippen LogP contribution in [0.15, 0.2) is 24.3 Å². The van der Waals surface area contributed by atoms with Crippen molar-refractivity contribution in [3.8, 4) is 0 Å². The number of hydrogen-bond donors (Lipinski definition) is 0. The molecule has 2 unspecified atom stereocenters. The van der Waals surface area contributed by atoms with Gasteiger partial charge in [0.2, 0.25) is 0 Å². The second kappa shape index (κ2) is 42.5. The van der Waals surface area contributed by atoms with Gasteiger partial charge in [0, 0.05) is 12.8 Å². The summed E-state index contributed by atoms with van der Waals surface area (Å²) in [6, 6.07) is 0. The fourth-order valence-corrected chi connectivity index (χ4v) is 6.86. The molecule has 0 fully saturated rings. The number of nitrogens with zero attached hydrogens (tertiary/aromatic N) is 1. The highest BCUT2D eigenvalue weighted by atomic mass is 16.7. The first kappa shape index (κ1) is 56.8. The van der Waals surface area contributed by atoms with E-state index in [9.17, 15) is 19.5 Å². The van der Waals surface area contributed by atoms with E-state index in [0.717, 1.165) is 38.5 Å². The predicted molar refractivity (Wildman–Crippen MR) is 242 cm³/mol. The zero-order chi connectivity index (χ0) is 43.5. The zero-order valence-electron chi connectivity index (χ0n) is 39.1. The molecule has 346 valence electrons. The lowest BCUT2D eigenvalue weighted by Crippen LogP contribution is -2.44. The standard InChI is InChI=1S/C50H93NO8/c1-6-8-10-12-14-16-17-18-19-20-21-22-23-24-25-26-27-28-29-30-31-33-35-37-39-41-48(53)59-46(45-58-50(49(54)55)56-43-42-51(3,4)5)44-57-47(52)40-38-36-34-32-15-13-11-9-7-2/h17-18,20-21,46,50H,6-16,19,22-45H2,1-5H3/b18-17-,21-20-. The van der Waals surface area contributed by atoms with Crippen molar-refractivity contribution < 1.29 is 42.9 Å². The smallest absolute Gasteiger partial charge is 0.306 e. The number of aliphatic carboxylic acids is 1. The number of carbonyl (C=O) groups is 3. The number of unbranched alkanes of at least 4 members (excludes halogenated alkanes) is 26. The Hall–Kier alpha value is -2.23. The maximum absolute atomic E-state index is 12.8. The Labute approximate surface area is 363 Å². The third kappa shape index (κ3) is 43.7. The number of ether oxygens (including phenoxy) is 4. The van der Waals surface area contributed by atoms with Crippen molar-refractivity contribution in [2.45, 2.75) is 232 Å². The summed E-state index contributed by atoms with van der Waals surface area (Å²) in [7, 11) is 5.91. The number of likely N-dealkylation sites (N-methyl/N-ethyl adjacent to an activating group) is 1. The fraction of sp³-hybridized carbons (Fsp3) is 0.860. The van der Waals surface area contributed by atoms with Crippen molar-refractivity contribution in [3.05, 3.63) is 24.3 Å². The molecule has 0 aromatic rings. The van der Waals surface area contributed by atoms with Crippen LogP contribution < -0.4 is 5.11 Å². The molecule has 0 aromatic heterocycles. The summed E-state index contributed by atoms with van der Waals surface area (Å²) in [5, 5.41) is 11.7. The minimum atomic E-state index is -1.62. The third-order valence-electron chi connectivity index (χ3n) is 10.7. The summed E-state index contributed by atoms with van der Waals surface area (Å²) in [6.07, 6.45) is 43.7. The van der Waals surface area contributed by atoms with Gasteiger partial charge >= 0.3 is 11.9 Å². The second-order valence-corrected chi connectivity index (χ2v) is 17.8. The van der Waals surface area contributed by atoms with Gasteiger partial charge in [-0.25, -0.2) is 0 Å². The molecule has 0 spiro atoms. The Bertz CT molecular complexity index is 1020. The number of carboxylic acid groups (broad SMARTS) is 1. The molecule has 0 bridgehead atoms. The molecule has 0 radical (unpaired) electrons. The fourth-order valence-electron chi connectivity index (χ4n) is 6.86. The summed E-state index contributed by atoms with van der Waals surface area (Å²) in [4.78, 5) is 36.9. The van der Waals surface area contributed by atoms with E-state index in [4.69, 9.17) is 18.9 Å². The SMILES string of the molecule is CCCCCCC/C=C\C/C=C\CCCCCCCCCCCCCCCC(=O)OC(COC(=O)CCCCCCCCCCC)COC(OCC[N+](C)(C)C)C(=O)[O-]. The minimum absolute atomic E-state index is 0.150. The Kier molecular flexibility index (Phi) is 40.9. The molecule has 0 amide bonds. The molecule has 0 aliphatic carbocycles. The monoisotopic (exact) mass is 836 g/mol. The molecule has 0 aliphatic heterocycles. The first-order chi connectivity index (χ1) is 28.6. The quantitative estimate of drug-likeness (QED) is 0.0196. The topological polar surface area (TPSA) is 111 Å². The molecule has 0 aromatic carbocycles. The van der Waals surface area contributed by atoms with Crippen molar-refractivity contribution in [2.75, 3.05) is 47.5 Å². The maximum Gasteiger partial charge on any atom is 0.306 e. The molecule has 0 aliphatic rings.